The average Bonchev–Trinajstić information content (AvgIpc) is 2.17. The van der Waals surface area contributed by atoms with E-state index in [9.17, 15) is 0 Å². The Morgan fingerprint density at radius 1 is 1.21 bits per heavy atom. The maximum Gasteiger partial charge on any atom is 0.0101 e. The summed E-state index contributed by atoms with van der Waals surface area (Å²) in [6.07, 6.45) is 8.34. The van der Waals surface area contributed by atoms with Gasteiger partial charge in [-0.2, -0.15) is 0 Å². The van der Waals surface area contributed by atoms with Crippen molar-refractivity contribution in [3.05, 3.63) is 0 Å². The van der Waals surface area contributed by atoms with Crippen LogP contribution in [0, 0.1) is 5.92 Å². The quantitative estimate of drug-likeness (QED) is 0.748. The average molecular weight is 196 g/mol. The second kappa shape index (κ2) is 4.63. The van der Waals surface area contributed by atoms with Crippen molar-refractivity contribution in [1.82, 2.24) is 4.90 Å². The van der Waals surface area contributed by atoms with Crippen molar-refractivity contribution in [2.45, 2.75) is 57.5 Å². The molecule has 0 aliphatic carbocycles. The predicted octanol–water partition coefficient (Wildman–Crippen LogP) is 1.99. The summed E-state index contributed by atoms with van der Waals surface area (Å²) >= 11 is 0. The Morgan fingerprint density at radius 3 is 2.36 bits per heavy atom. The third-order valence-corrected chi connectivity index (χ3v) is 4.04. The first-order valence-corrected chi connectivity index (χ1v) is 6.31. The van der Waals surface area contributed by atoms with Crippen LogP contribution in [0.1, 0.15) is 45.4 Å². The van der Waals surface area contributed by atoms with Gasteiger partial charge in [-0.05, 0) is 51.1 Å². The Kier molecular flexibility index (Phi) is 3.45. The summed E-state index contributed by atoms with van der Waals surface area (Å²) in [5, 5.41) is 0. The van der Waals surface area contributed by atoms with E-state index < -0.39 is 0 Å². The van der Waals surface area contributed by atoms with E-state index in [1.807, 2.05) is 0 Å². The molecule has 2 heteroatoms. The summed E-state index contributed by atoms with van der Waals surface area (Å²) in [6.45, 7) is 4.52. The minimum Gasteiger partial charge on any atom is -0.330 e. The lowest BCUT2D eigenvalue weighted by atomic mass is 9.78. The molecule has 0 aromatic rings. The van der Waals surface area contributed by atoms with Crippen molar-refractivity contribution in [3.63, 3.8) is 0 Å². The number of rotatable bonds is 3. The molecule has 2 heterocycles. The van der Waals surface area contributed by atoms with Crippen molar-refractivity contribution >= 4 is 0 Å². The van der Waals surface area contributed by atoms with E-state index in [-0.39, 0.29) is 0 Å². The van der Waals surface area contributed by atoms with Gasteiger partial charge >= 0.3 is 0 Å². The first-order valence-electron chi connectivity index (χ1n) is 6.31. The molecular formula is C12H24N2. The summed E-state index contributed by atoms with van der Waals surface area (Å²) in [5.74, 6) is 0.818. The highest BCUT2D eigenvalue weighted by Crippen LogP contribution is 2.36. The van der Waals surface area contributed by atoms with Gasteiger partial charge in [-0.1, -0.05) is 13.3 Å². The van der Waals surface area contributed by atoms with Gasteiger partial charge in [0.1, 0.15) is 0 Å². The standard InChI is InChI=1S/C12H24N2/c1-2-6-14-11-4-3-5-12(14)8-10(7-11)9-13/h10-12H,2-9,13H2,1H3/t10?,11-,12+. The topological polar surface area (TPSA) is 29.3 Å². The van der Waals surface area contributed by atoms with E-state index in [0.717, 1.165) is 24.5 Å². The first kappa shape index (κ1) is 10.4. The third-order valence-electron chi connectivity index (χ3n) is 4.04. The van der Waals surface area contributed by atoms with Gasteiger partial charge in [-0.3, -0.25) is 4.90 Å². The van der Waals surface area contributed by atoms with E-state index >= 15 is 0 Å². The third kappa shape index (κ3) is 1.96. The molecule has 0 spiro atoms. The van der Waals surface area contributed by atoms with Crippen LogP contribution >= 0.6 is 0 Å². The van der Waals surface area contributed by atoms with E-state index in [4.69, 9.17) is 5.73 Å². The van der Waals surface area contributed by atoms with Crippen LogP contribution in [0.25, 0.3) is 0 Å². The van der Waals surface area contributed by atoms with Crippen molar-refractivity contribution < 1.29 is 0 Å². The Labute approximate surface area is 87.8 Å². The zero-order valence-corrected chi connectivity index (χ0v) is 9.41. The van der Waals surface area contributed by atoms with Gasteiger partial charge < -0.3 is 5.73 Å². The highest BCUT2D eigenvalue weighted by atomic mass is 15.2. The SMILES string of the molecule is CCCN1[C@@H]2CCC[C@H]1CC(CN)C2. The number of hydrogen-bond donors (Lipinski definition) is 1. The summed E-state index contributed by atoms with van der Waals surface area (Å²) < 4.78 is 0. The fourth-order valence-corrected chi connectivity index (χ4v) is 3.41. The summed E-state index contributed by atoms with van der Waals surface area (Å²) in [6, 6.07) is 1.74. The van der Waals surface area contributed by atoms with Crippen molar-refractivity contribution in [2.24, 2.45) is 11.7 Å². The summed E-state index contributed by atoms with van der Waals surface area (Å²) in [4.78, 5) is 2.77. The fourth-order valence-electron chi connectivity index (χ4n) is 3.41. The van der Waals surface area contributed by atoms with Crippen molar-refractivity contribution in [2.75, 3.05) is 13.1 Å². The molecule has 1 unspecified atom stereocenters. The molecule has 0 aromatic carbocycles. The Bertz CT molecular complexity index is 167. The zero-order valence-electron chi connectivity index (χ0n) is 9.41. The second-order valence-corrected chi connectivity index (χ2v) is 5.05. The maximum absolute atomic E-state index is 5.81. The predicted molar refractivity (Wildman–Crippen MR) is 60.2 cm³/mol. The highest BCUT2D eigenvalue weighted by molar-refractivity contribution is 4.92. The largest absolute Gasteiger partial charge is 0.330 e. The van der Waals surface area contributed by atoms with Gasteiger partial charge in [-0.25, -0.2) is 0 Å². The molecule has 3 atom stereocenters. The van der Waals surface area contributed by atoms with E-state index in [1.54, 1.807) is 0 Å². The molecule has 2 N–H and O–H groups in total. The smallest absolute Gasteiger partial charge is 0.0101 e. The van der Waals surface area contributed by atoms with Gasteiger partial charge in [0, 0.05) is 12.1 Å². The number of fused-ring (bicyclic) bond motifs is 2. The second-order valence-electron chi connectivity index (χ2n) is 5.05. The minimum absolute atomic E-state index is 0.818. The van der Waals surface area contributed by atoms with Gasteiger partial charge in [0.15, 0.2) is 0 Å². The molecule has 82 valence electrons. The molecule has 2 rings (SSSR count). The number of hydrogen-bond acceptors (Lipinski definition) is 2. The van der Waals surface area contributed by atoms with Crippen LogP contribution in [0.4, 0.5) is 0 Å². The van der Waals surface area contributed by atoms with E-state index in [0.29, 0.717) is 0 Å². The Morgan fingerprint density at radius 2 is 1.86 bits per heavy atom. The van der Waals surface area contributed by atoms with E-state index in [2.05, 4.69) is 11.8 Å². The van der Waals surface area contributed by atoms with Crippen LogP contribution in [0.15, 0.2) is 0 Å². The van der Waals surface area contributed by atoms with Gasteiger partial charge in [0.2, 0.25) is 0 Å². The number of piperidine rings is 2. The molecule has 0 aromatic heterocycles. The van der Waals surface area contributed by atoms with Crippen molar-refractivity contribution in [3.8, 4) is 0 Å². The molecule has 2 aliphatic heterocycles. The lowest BCUT2D eigenvalue weighted by Crippen LogP contribution is -2.53. The van der Waals surface area contributed by atoms with Crippen LogP contribution in [-0.2, 0) is 0 Å². The van der Waals surface area contributed by atoms with Gasteiger partial charge in [-0.15, -0.1) is 0 Å². The molecule has 14 heavy (non-hydrogen) atoms. The van der Waals surface area contributed by atoms with Crippen molar-refractivity contribution in [1.29, 1.82) is 0 Å². The monoisotopic (exact) mass is 196 g/mol. The molecule has 2 saturated heterocycles. The molecule has 2 nitrogen and oxygen atoms in total. The molecule has 0 saturated carbocycles. The molecule has 0 amide bonds. The zero-order chi connectivity index (χ0) is 9.97. The van der Waals surface area contributed by atoms with Crippen LogP contribution in [0.5, 0.6) is 0 Å². The Hall–Kier alpha value is -0.0800. The number of nitrogens with two attached hydrogens (primary N) is 1. The molecular weight excluding hydrogens is 172 g/mol. The fraction of sp³-hybridized carbons (Fsp3) is 1.00. The van der Waals surface area contributed by atoms with Gasteiger partial charge in [0.05, 0.1) is 0 Å². The lowest BCUT2D eigenvalue weighted by Gasteiger charge is -2.49. The summed E-state index contributed by atoms with van der Waals surface area (Å²) in [5.41, 5.74) is 5.81. The first-order chi connectivity index (χ1) is 6.85. The lowest BCUT2D eigenvalue weighted by molar-refractivity contribution is 0.0159. The molecule has 2 aliphatic rings. The molecule has 0 radical (unpaired) electrons. The van der Waals surface area contributed by atoms with Crippen LogP contribution < -0.4 is 5.73 Å². The normalized spacial score (nSPS) is 38.6. The van der Waals surface area contributed by atoms with Crippen LogP contribution in [0.2, 0.25) is 0 Å². The van der Waals surface area contributed by atoms with Crippen LogP contribution in [-0.4, -0.2) is 30.1 Å². The Balaban J connectivity index is 1.99. The molecule has 2 fully saturated rings. The maximum atomic E-state index is 5.81. The number of nitrogens with zero attached hydrogens (tertiary/aromatic N) is 1. The molecule has 2 bridgehead atoms. The van der Waals surface area contributed by atoms with E-state index in [1.165, 1.54) is 45.1 Å². The highest BCUT2D eigenvalue weighted by Gasteiger charge is 2.36. The summed E-state index contributed by atoms with van der Waals surface area (Å²) in [7, 11) is 0. The van der Waals surface area contributed by atoms with Crippen LogP contribution in [0.3, 0.4) is 0 Å². The van der Waals surface area contributed by atoms with Gasteiger partial charge in [0.25, 0.3) is 0 Å². The minimum atomic E-state index is 0.818.